The Morgan fingerprint density at radius 1 is 0.565 bits per heavy atom. The molecule has 0 aliphatic carbocycles. The molecular weight excluding hydrogens is 1060 g/mol. The third-order valence-corrected chi connectivity index (χ3v) is 14.4. The number of carbonyl (C=O) groups excluding carboxylic acids is 6. The molecule has 1 fully saturated rings. The van der Waals surface area contributed by atoms with Crippen LogP contribution in [0, 0.1) is 17.8 Å². The summed E-state index contributed by atoms with van der Waals surface area (Å²) in [6.45, 7) is 34.7. The Bertz CT molecular complexity index is 1600. The van der Waals surface area contributed by atoms with Crippen LogP contribution in [0.2, 0.25) is 0 Å². The topological polar surface area (TPSA) is 137 Å². The Morgan fingerprint density at radius 3 is 1.41 bits per heavy atom. The van der Waals surface area contributed by atoms with Gasteiger partial charge in [-0.05, 0) is 88.9 Å². The van der Waals surface area contributed by atoms with Gasteiger partial charge in [-0.25, -0.2) is 0 Å². The largest absolute Gasteiger partial charge is 0.489 e. The monoisotopic (exact) mass is 1210 g/mol. The molecule has 1 aliphatic rings. The fraction of sp³-hybridized carbons (Fsp3) is 0.824. The van der Waals surface area contributed by atoms with Crippen LogP contribution < -0.4 is 0 Å². The van der Waals surface area contributed by atoms with E-state index in [2.05, 4.69) is 79.3 Å². The quantitative estimate of drug-likeness (QED) is 0.0189. The average Bonchev–Trinajstić information content (AvgIpc) is 3.88. The Balaban J connectivity index is -0.000000208. The number of nitrogens with zero attached hydrogens (tertiary/aromatic N) is 2. The third kappa shape index (κ3) is 72.7. The summed E-state index contributed by atoms with van der Waals surface area (Å²) in [5.74, 6) is 1.55. The molecular formula is C74H144N2O9. The number of allylic oxidation sites excluding steroid dienone is 3. The predicted octanol–water partition coefficient (Wildman–Crippen LogP) is 20.6. The lowest BCUT2D eigenvalue weighted by Gasteiger charge is -2.21. The van der Waals surface area contributed by atoms with Crippen LogP contribution in [0.15, 0.2) is 42.9 Å². The number of unbranched alkanes of at least 4 members (excludes halogenated alkanes) is 22. The minimum absolute atomic E-state index is 0. The molecule has 3 atom stereocenters. The number of esters is 2. The molecule has 11 heteroatoms. The van der Waals surface area contributed by atoms with Crippen LogP contribution >= 0.6 is 0 Å². The number of carbonyl (C=O) groups is 6. The molecule has 0 radical (unpaired) electrons. The van der Waals surface area contributed by atoms with Crippen molar-refractivity contribution in [2.24, 2.45) is 17.8 Å². The van der Waals surface area contributed by atoms with Gasteiger partial charge in [0.05, 0.1) is 39.5 Å². The van der Waals surface area contributed by atoms with E-state index in [0.29, 0.717) is 50.9 Å². The molecule has 2 unspecified atom stereocenters. The summed E-state index contributed by atoms with van der Waals surface area (Å²) in [6, 6.07) is 0. The van der Waals surface area contributed by atoms with E-state index < -0.39 is 0 Å². The van der Waals surface area contributed by atoms with E-state index in [9.17, 15) is 28.8 Å². The first kappa shape index (κ1) is 95.0. The standard InChI is InChI=1S/C26H47NO4.C26H46O4.C11H20O.C6H13N.C2H6.3CH4/c1-5-9-11-13-15-17-19-30-25(8-4)22-27(21-24(28)7-3)23-26(29)31-20-18-16-14-12-10-6-2;1-4-6-8-10-12-13-14-16-18-25(28)21-24(20-23(3)27)22-26(29)30-19-17-15-11-9-7-5-2;1-4-7-8-10(5-2)9-11(12)6-3;1-6-3-4-7(2)5-6;1-2;;;/h4-7,9-23H2,1-3H3;16,18,24H,4-15,17,19-22H2,1-3H3;6,10H,3-5,7-9H2,1-2H3;6H,3-5H2,1-2H3;1-2H3;3*1H4/b;18-16-;;;;;;/t;;10-;;;;;/m..1...../s1. The minimum atomic E-state index is -0.295. The first-order chi connectivity index (χ1) is 39.6. The molecule has 0 N–H and O–H groups in total. The molecule has 0 aromatic rings. The summed E-state index contributed by atoms with van der Waals surface area (Å²) in [7, 11) is 2.18. The number of Topliss-reactive ketones (excluding diaryl/α,β-unsaturated/α-hetero) is 2. The van der Waals surface area contributed by atoms with Gasteiger partial charge in [0.25, 0.3) is 0 Å². The third-order valence-electron chi connectivity index (χ3n) is 14.4. The van der Waals surface area contributed by atoms with Crippen molar-refractivity contribution in [3.8, 4) is 0 Å². The second-order valence-electron chi connectivity index (χ2n) is 22.8. The smallest absolute Gasteiger partial charge is 0.320 e. The van der Waals surface area contributed by atoms with Crippen LogP contribution in [0.1, 0.15) is 323 Å². The molecule has 1 heterocycles. The number of likely N-dealkylation sites (tertiary alicyclic amines) is 1. The summed E-state index contributed by atoms with van der Waals surface area (Å²) >= 11 is 0. The van der Waals surface area contributed by atoms with Crippen molar-refractivity contribution in [1.29, 1.82) is 0 Å². The fourth-order valence-corrected chi connectivity index (χ4v) is 9.32. The van der Waals surface area contributed by atoms with Gasteiger partial charge < -0.3 is 23.9 Å². The van der Waals surface area contributed by atoms with Crippen LogP contribution in [0.5, 0.6) is 0 Å². The molecule has 504 valence electrons. The van der Waals surface area contributed by atoms with E-state index >= 15 is 0 Å². The van der Waals surface area contributed by atoms with Crippen molar-refractivity contribution in [1.82, 2.24) is 9.80 Å². The van der Waals surface area contributed by atoms with E-state index in [0.717, 1.165) is 63.7 Å². The van der Waals surface area contributed by atoms with Gasteiger partial charge in [0, 0.05) is 38.6 Å². The second-order valence-corrected chi connectivity index (χ2v) is 22.8. The Labute approximate surface area is 528 Å². The van der Waals surface area contributed by atoms with Gasteiger partial charge in [0.2, 0.25) is 0 Å². The molecule has 85 heavy (non-hydrogen) atoms. The fourth-order valence-electron chi connectivity index (χ4n) is 9.32. The number of rotatable bonds is 50. The van der Waals surface area contributed by atoms with Gasteiger partial charge in [-0.15, -0.1) is 0 Å². The zero-order valence-electron chi connectivity index (χ0n) is 55.9. The zero-order chi connectivity index (χ0) is 62.3. The second kappa shape index (κ2) is 74.6. The summed E-state index contributed by atoms with van der Waals surface area (Å²) in [6.07, 6.45) is 42.2. The maximum atomic E-state index is 12.3. The van der Waals surface area contributed by atoms with Gasteiger partial charge in [0.15, 0.2) is 17.3 Å². The molecule has 0 spiro atoms. The number of hydrogen-bond acceptors (Lipinski definition) is 11. The first-order valence-electron chi connectivity index (χ1n) is 33.7. The van der Waals surface area contributed by atoms with Crippen LogP contribution in [0.4, 0.5) is 0 Å². The van der Waals surface area contributed by atoms with Crippen LogP contribution in [-0.2, 0) is 43.0 Å². The molecule has 1 aliphatic heterocycles. The maximum Gasteiger partial charge on any atom is 0.320 e. The van der Waals surface area contributed by atoms with Crippen LogP contribution in [0.3, 0.4) is 0 Å². The lowest BCUT2D eigenvalue weighted by Crippen LogP contribution is -2.37. The first-order valence-corrected chi connectivity index (χ1v) is 33.7. The molecule has 1 saturated heterocycles. The molecule has 0 aromatic heterocycles. The molecule has 11 nitrogen and oxygen atoms in total. The van der Waals surface area contributed by atoms with E-state index in [1.165, 1.54) is 161 Å². The van der Waals surface area contributed by atoms with Crippen LogP contribution in [0.25, 0.3) is 0 Å². The zero-order valence-corrected chi connectivity index (χ0v) is 55.9. The highest BCUT2D eigenvalue weighted by Gasteiger charge is 2.20. The molecule has 0 amide bonds. The Kier molecular flexibility index (Phi) is 83.4. The molecule has 1 rings (SSSR count). The predicted molar refractivity (Wildman–Crippen MR) is 368 cm³/mol. The summed E-state index contributed by atoms with van der Waals surface area (Å²) in [4.78, 5) is 75.2. The van der Waals surface area contributed by atoms with Crippen molar-refractivity contribution >= 4 is 35.1 Å². The van der Waals surface area contributed by atoms with E-state index in [-0.39, 0.29) is 95.6 Å². The Morgan fingerprint density at radius 2 is 1.01 bits per heavy atom. The average molecular weight is 1210 g/mol. The maximum absolute atomic E-state index is 12.3. The van der Waals surface area contributed by atoms with Crippen molar-refractivity contribution in [2.75, 3.05) is 59.6 Å². The number of ketones is 4. The normalized spacial score (nSPS) is 12.9. The van der Waals surface area contributed by atoms with Gasteiger partial charge >= 0.3 is 11.9 Å². The number of ether oxygens (including phenoxy) is 3. The highest BCUT2D eigenvalue weighted by Crippen LogP contribution is 2.19. The van der Waals surface area contributed by atoms with E-state index in [1.54, 1.807) is 11.0 Å². The van der Waals surface area contributed by atoms with Crippen LogP contribution in [-0.4, -0.2) is 104 Å². The Hall–Kier alpha value is -3.66. The highest BCUT2D eigenvalue weighted by molar-refractivity contribution is 5.91. The van der Waals surface area contributed by atoms with Crippen molar-refractivity contribution in [3.05, 3.63) is 42.9 Å². The number of hydrogen-bond donors (Lipinski definition) is 0. The van der Waals surface area contributed by atoms with E-state index in [4.69, 9.17) is 14.2 Å². The van der Waals surface area contributed by atoms with Crippen molar-refractivity contribution in [2.45, 2.75) is 323 Å². The van der Waals surface area contributed by atoms with Gasteiger partial charge in [-0.2, -0.15) is 0 Å². The summed E-state index contributed by atoms with van der Waals surface area (Å²) in [5, 5.41) is 0. The highest BCUT2D eigenvalue weighted by atomic mass is 16.5. The van der Waals surface area contributed by atoms with Gasteiger partial charge in [-0.1, -0.05) is 271 Å². The lowest BCUT2D eigenvalue weighted by molar-refractivity contribution is -0.146. The summed E-state index contributed by atoms with van der Waals surface area (Å²) < 4.78 is 16.5. The minimum Gasteiger partial charge on any atom is -0.489 e. The van der Waals surface area contributed by atoms with Gasteiger partial charge in [0.1, 0.15) is 11.6 Å². The van der Waals surface area contributed by atoms with E-state index in [1.807, 2.05) is 26.8 Å². The van der Waals surface area contributed by atoms with Crippen molar-refractivity contribution in [3.63, 3.8) is 0 Å². The lowest BCUT2D eigenvalue weighted by atomic mass is 9.93. The van der Waals surface area contributed by atoms with Gasteiger partial charge in [-0.3, -0.25) is 28.9 Å². The molecule has 0 saturated carbocycles. The SMILES string of the molecule is C.C.C.C=C=C(CN(CC(=O)CC)CC(=O)OCCCCCCCC)OCCCCCCCC.C=CC(=O)C[C@H](CC)CCCC.CC.CC1CCN(C)C1.CCCCCCCC/C=C\C(=O)CC(CC(C)=O)CC(=O)OCCCCCCCC. The summed E-state index contributed by atoms with van der Waals surface area (Å²) in [5.41, 5.74) is 2.82. The molecule has 0 bridgehead atoms. The molecule has 0 aromatic carbocycles. The van der Waals surface area contributed by atoms with Crippen molar-refractivity contribution < 1.29 is 43.0 Å².